The van der Waals surface area contributed by atoms with Crippen LogP contribution in [0.25, 0.3) is 17.1 Å². The molecule has 3 aromatic rings. The molecule has 43 heavy (non-hydrogen) atoms. The van der Waals surface area contributed by atoms with Crippen molar-refractivity contribution < 1.29 is 4.57 Å². The molecule has 0 fully saturated rings. The van der Waals surface area contributed by atoms with Crippen LogP contribution in [0, 0.1) is 36.5 Å². The first-order chi connectivity index (χ1) is 20.2. The van der Waals surface area contributed by atoms with Crippen molar-refractivity contribution in [2.75, 3.05) is 0 Å². The second-order valence-corrected chi connectivity index (χ2v) is 15.3. The molecule has 0 radical (unpaired) electrons. The molecule has 3 rings (SSSR count). The van der Waals surface area contributed by atoms with Gasteiger partial charge in [-0.05, 0) is 117 Å². The van der Waals surface area contributed by atoms with E-state index in [0.717, 1.165) is 18.8 Å². The smallest absolute Gasteiger partial charge is 0.227 e. The second kappa shape index (κ2) is 14.9. The van der Waals surface area contributed by atoms with Crippen LogP contribution in [-0.4, -0.2) is 4.57 Å². The first kappa shape index (κ1) is 34.9. The molecule has 2 nitrogen and oxygen atoms in total. The largest absolute Gasteiger partial charge is 0.294 e. The van der Waals surface area contributed by atoms with Gasteiger partial charge in [0.1, 0.15) is 24.1 Å². The lowest BCUT2D eigenvalue weighted by Crippen LogP contribution is -2.41. The Morgan fingerprint density at radius 3 is 2.12 bits per heavy atom. The summed E-state index contributed by atoms with van der Waals surface area (Å²) < 4.78 is 4.87. The lowest BCUT2D eigenvalue weighted by molar-refractivity contribution is -0.714. The highest BCUT2D eigenvalue weighted by molar-refractivity contribution is 5.59. The molecule has 2 aromatic carbocycles. The number of nitrogens with zero attached hydrogens (tertiary/aromatic N) is 2. The number of aromatic nitrogens is 2. The number of allylic oxidation sites excluding steroid dienone is 1. The van der Waals surface area contributed by atoms with Crippen LogP contribution in [0.2, 0.25) is 0 Å². The van der Waals surface area contributed by atoms with Gasteiger partial charge >= 0.3 is 0 Å². The summed E-state index contributed by atoms with van der Waals surface area (Å²) in [4.78, 5) is 0. The molecule has 236 valence electrons. The molecule has 1 heterocycles. The average molecular weight is 584 g/mol. The van der Waals surface area contributed by atoms with Crippen LogP contribution in [0.1, 0.15) is 130 Å². The summed E-state index contributed by atoms with van der Waals surface area (Å²) in [7, 11) is 0. The Hall–Kier alpha value is -2.61. The fourth-order valence-corrected chi connectivity index (χ4v) is 6.97. The van der Waals surface area contributed by atoms with Crippen molar-refractivity contribution >= 4 is 0 Å². The van der Waals surface area contributed by atoms with Crippen molar-refractivity contribution in [3.63, 3.8) is 0 Å². The van der Waals surface area contributed by atoms with Crippen LogP contribution in [0.3, 0.4) is 0 Å². The first-order valence-corrected chi connectivity index (χ1v) is 17.2. The minimum Gasteiger partial charge on any atom is -0.227 e. The van der Waals surface area contributed by atoms with E-state index >= 15 is 0 Å². The molecule has 0 saturated carbocycles. The van der Waals surface area contributed by atoms with Gasteiger partial charge in [0.2, 0.25) is 0 Å². The molecule has 0 aliphatic carbocycles. The SMILES string of the molecule is C=C(CCCCc1cc(C)c(-n2cc[n+](C(C)C(C)C)c2-c2ccccc2)c(C)c1)C(C)(CC)CC(C)(C)CCC(C)C. The van der Waals surface area contributed by atoms with E-state index in [-0.39, 0.29) is 5.41 Å². The third kappa shape index (κ3) is 8.96. The highest BCUT2D eigenvalue weighted by Crippen LogP contribution is 2.45. The molecular weight excluding hydrogens is 520 g/mol. The van der Waals surface area contributed by atoms with Crippen LogP contribution in [0.4, 0.5) is 0 Å². The van der Waals surface area contributed by atoms with Crippen molar-refractivity contribution in [2.24, 2.45) is 22.7 Å². The van der Waals surface area contributed by atoms with E-state index in [1.165, 1.54) is 77.9 Å². The van der Waals surface area contributed by atoms with Gasteiger partial charge in [-0.15, -0.1) is 0 Å². The Morgan fingerprint density at radius 2 is 1.56 bits per heavy atom. The van der Waals surface area contributed by atoms with Crippen molar-refractivity contribution in [3.05, 3.63) is 83.7 Å². The minimum atomic E-state index is 0.229. The van der Waals surface area contributed by atoms with Crippen LogP contribution >= 0.6 is 0 Å². The molecule has 2 unspecified atom stereocenters. The number of hydrogen-bond acceptors (Lipinski definition) is 0. The zero-order chi connectivity index (χ0) is 31.9. The van der Waals surface area contributed by atoms with E-state index in [9.17, 15) is 0 Å². The van der Waals surface area contributed by atoms with Gasteiger partial charge in [-0.2, -0.15) is 4.57 Å². The van der Waals surface area contributed by atoms with E-state index < -0.39 is 0 Å². The summed E-state index contributed by atoms with van der Waals surface area (Å²) in [6, 6.07) is 16.1. The van der Waals surface area contributed by atoms with Gasteiger partial charge in [-0.25, -0.2) is 4.57 Å². The predicted molar refractivity (Wildman–Crippen MR) is 188 cm³/mol. The van der Waals surface area contributed by atoms with E-state index in [4.69, 9.17) is 0 Å². The maximum Gasteiger partial charge on any atom is 0.294 e. The maximum atomic E-state index is 4.65. The molecule has 2 heteroatoms. The normalized spacial score (nSPS) is 14.3. The van der Waals surface area contributed by atoms with Gasteiger partial charge in [-0.1, -0.05) is 104 Å². The van der Waals surface area contributed by atoms with Crippen LogP contribution in [-0.2, 0) is 6.42 Å². The van der Waals surface area contributed by atoms with Crippen molar-refractivity contribution in [1.82, 2.24) is 4.57 Å². The first-order valence-electron chi connectivity index (χ1n) is 17.2. The number of hydrogen-bond donors (Lipinski definition) is 0. The van der Waals surface area contributed by atoms with Crippen molar-refractivity contribution in [2.45, 2.75) is 134 Å². The predicted octanol–water partition coefficient (Wildman–Crippen LogP) is 11.8. The van der Waals surface area contributed by atoms with Crippen LogP contribution in [0.15, 0.2) is 67.0 Å². The van der Waals surface area contributed by atoms with Gasteiger partial charge in [0.25, 0.3) is 5.82 Å². The molecule has 0 bridgehead atoms. The zero-order valence-electron chi connectivity index (χ0n) is 29.7. The highest BCUT2D eigenvalue weighted by Gasteiger charge is 2.33. The summed E-state index contributed by atoms with van der Waals surface area (Å²) in [5.74, 6) is 2.58. The van der Waals surface area contributed by atoms with E-state index in [0.29, 0.717) is 17.4 Å². The topological polar surface area (TPSA) is 8.81 Å². The molecule has 2 atom stereocenters. The minimum absolute atomic E-state index is 0.229. The third-order valence-electron chi connectivity index (χ3n) is 10.2. The molecule has 0 aliphatic rings. The summed E-state index contributed by atoms with van der Waals surface area (Å²) >= 11 is 0. The Balaban J connectivity index is 1.72. The fraction of sp³-hybridized carbons (Fsp3) is 0.585. The van der Waals surface area contributed by atoms with Crippen molar-refractivity contribution in [3.8, 4) is 17.1 Å². The zero-order valence-corrected chi connectivity index (χ0v) is 29.7. The summed E-state index contributed by atoms with van der Waals surface area (Å²) in [6.07, 6.45) is 14.2. The lowest BCUT2D eigenvalue weighted by Gasteiger charge is -2.39. The van der Waals surface area contributed by atoms with Gasteiger partial charge in [0.05, 0.1) is 5.56 Å². The number of imidazole rings is 1. The summed E-state index contributed by atoms with van der Waals surface area (Å²) in [5.41, 5.74) is 8.76. The van der Waals surface area contributed by atoms with Gasteiger partial charge in [-0.3, -0.25) is 0 Å². The lowest BCUT2D eigenvalue weighted by atomic mass is 9.66. The Labute approximate surface area is 265 Å². The molecular formula is C41H63N2+. The Morgan fingerprint density at radius 1 is 0.930 bits per heavy atom. The number of rotatable bonds is 16. The molecule has 1 aromatic heterocycles. The molecule has 0 N–H and O–H groups in total. The van der Waals surface area contributed by atoms with Crippen molar-refractivity contribution in [1.29, 1.82) is 0 Å². The van der Waals surface area contributed by atoms with Gasteiger partial charge in [0.15, 0.2) is 0 Å². The molecule has 0 aliphatic heterocycles. The van der Waals surface area contributed by atoms with Gasteiger partial charge in [0, 0.05) is 0 Å². The second-order valence-electron chi connectivity index (χ2n) is 15.3. The van der Waals surface area contributed by atoms with Crippen LogP contribution in [0.5, 0.6) is 0 Å². The maximum absolute atomic E-state index is 4.65. The molecule has 0 spiro atoms. The quantitative estimate of drug-likeness (QED) is 0.0901. The third-order valence-corrected chi connectivity index (χ3v) is 10.2. The monoisotopic (exact) mass is 583 g/mol. The number of benzene rings is 2. The van der Waals surface area contributed by atoms with E-state index in [1.807, 2.05) is 0 Å². The van der Waals surface area contributed by atoms with E-state index in [2.05, 4.69) is 147 Å². The number of unbranched alkanes of at least 4 members (excludes halogenated alkanes) is 1. The Bertz CT molecular complexity index is 1300. The standard InChI is InChI=1S/C41H63N2/c1-13-41(12,29-40(10,11)24-23-30(2)3)34(8)19-17-18-20-36-27-32(6)38(33(7)28-36)43-26-25-42(35(9)31(4)5)39(43)37-21-15-14-16-22-37/h14-16,21-22,25-28,30-31,35H,8,13,17-20,23-24,29H2,1-7,9-12H3/q+1. The Kier molecular flexibility index (Phi) is 12.1. The average Bonchev–Trinajstić information content (AvgIpc) is 3.38. The van der Waals surface area contributed by atoms with Gasteiger partial charge < -0.3 is 0 Å². The fourth-order valence-electron chi connectivity index (χ4n) is 6.97. The highest BCUT2D eigenvalue weighted by atomic mass is 15.2. The van der Waals surface area contributed by atoms with Crippen LogP contribution < -0.4 is 4.57 Å². The molecule has 0 amide bonds. The summed E-state index contributed by atoms with van der Waals surface area (Å²) in [6.45, 7) is 30.6. The van der Waals surface area contributed by atoms with E-state index in [1.54, 1.807) is 0 Å². The number of aryl methyl sites for hydroxylation is 3. The summed E-state index contributed by atoms with van der Waals surface area (Å²) in [5, 5.41) is 0. The molecule has 0 saturated heterocycles.